The Labute approximate surface area is 220 Å². The van der Waals surface area contributed by atoms with Gasteiger partial charge in [0.1, 0.15) is 7.23 Å². The highest BCUT2D eigenvalue weighted by atomic mass is 32.2. The third-order valence-corrected chi connectivity index (χ3v) is 5.62. The molecule has 3 rings (SSSR count). The molecule has 32 heavy (non-hydrogen) atoms. The standard InChI is InChI=1S/C23H37FN4O3S/c1-19(29)26-22-15-21(24)16-23(17-22)28-13-11-27(12-14-28)10-6-5-9-25-32(30,31)18-20-7-3-2-4-8-20/h15-17,20,25H,2-14,18H2,1H3,(H,26,29)/i1D3,2D2,3D2,4D2,7D2,8D2,15D,16D,17D,18D2/hD2. The number of piperazine rings is 1. The second-order valence-electron chi connectivity index (χ2n) is 6.88. The first-order valence-corrected chi connectivity index (χ1v) is 11.2. The minimum Gasteiger partial charge on any atom is -0.369 e. The average Bonchev–Trinajstić information content (AvgIpc) is 3.00. The first-order chi connectivity index (χ1) is 23.2. The van der Waals surface area contributed by atoms with Gasteiger partial charge in [-0.3, -0.25) is 9.69 Å². The number of carbonyl (C=O) groups is 1. The van der Waals surface area contributed by atoms with Crippen LogP contribution in [-0.2, 0) is 14.8 Å². The maximum atomic E-state index is 14.9. The number of carbonyl (C=O) groups excluding carboxylic acids is 1. The fraction of sp³-hybridized carbons (Fsp3) is 0.696. The van der Waals surface area contributed by atoms with Crippen LogP contribution in [0.1, 0.15) is 76.2 Å². The first kappa shape index (κ1) is 9.50. The van der Waals surface area contributed by atoms with Gasteiger partial charge in [-0.05, 0) is 56.2 Å². The molecule has 1 aliphatic heterocycles. The van der Waals surface area contributed by atoms with Crippen molar-refractivity contribution < 1.29 is 45.1 Å². The third-order valence-electron chi connectivity index (χ3n) is 4.56. The van der Waals surface area contributed by atoms with E-state index in [0.29, 0.717) is 0 Å². The van der Waals surface area contributed by atoms with Crippen LogP contribution >= 0.6 is 0 Å². The normalized spacial score (nSPS) is 36.6. The average molecular weight is 489 g/mol. The highest BCUT2D eigenvalue weighted by Crippen LogP contribution is 2.25. The molecule has 180 valence electrons. The van der Waals surface area contributed by atoms with E-state index in [4.69, 9.17) is 27.5 Å². The zero-order chi connectivity index (χ0) is 40.6. The van der Waals surface area contributed by atoms with E-state index in [1.54, 1.807) is 4.90 Å². The summed E-state index contributed by atoms with van der Waals surface area (Å²) in [6.45, 7) is -3.32. The van der Waals surface area contributed by atoms with Crippen LogP contribution in [0.25, 0.3) is 0 Å². The Kier molecular flexibility index (Phi) is 3.55. The smallest absolute Gasteiger partial charge is 0.221 e. The van der Waals surface area contributed by atoms with E-state index < -0.39 is 102 Å². The van der Waals surface area contributed by atoms with Crippen LogP contribution in [0.3, 0.4) is 0 Å². The number of rotatable bonds is 10. The van der Waals surface area contributed by atoms with Gasteiger partial charge in [0.15, 0.2) is 1.41 Å². The number of benzene rings is 1. The molecule has 1 saturated carbocycles. The number of sulfonamides is 1. The van der Waals surface area contributed by atoms with E-state index in [1.165, 1.54) is 4.90 Å². The number of halogens is 1. The topological polar surface area (TPSA) is 81.8 Å². The van der Waals surface area contributed by atoms with Crippen LogP contribution < -0.4 is 14.9 Å². The summed E-state index contributed by atoms with van der Waals surface area (Å²) in [5.74, 6) is -6.53. The summed E-state index contributed by atoms with van der Waals surface area (Å²) >= 11 is 0. The van der Waals surface area contributed by atoms with Crippen molar-refractivity contribution in [1.29, 1.82) is 0 Å². The Morgan fingerprint density at radius 2 is 2.00 bits per heavy atom. The van der Waals surface area contributed by atoms with E-state index in [1.807, 2.05) is 0 Å². The lowest BCUT2D eigenvalue weighted by molar-refractivity contribution is -0.114. The minimum absolute atomic E-state index is 0.0443. The lowest BCUT2D eigenvalue weighted by atomic mass is 9.91. The number of unbranched alkanes of at least 4 members (excludes halogenated alkanes) is 1. The van der Waals surface area contributed by atoms with Gasteiger partial charge in [0.25, 0.3) is 0 Å². The maximum Gasteiger partial charge on any atom is 0.221 e. The molecule has 0 unspecified atom stereocenters. The van der Waals surface area contributed by atoms with Crippen LogP contribution in [0.15, 0.2) is 18.1 Å². The molecule has 1 aliphatic carbocycles. The predicted molar refractivity (Wildman–Crippen MR) is 127 cm³/mol. The molecule has 1 aromatic rings. The Balaban J connectivity index is 1.69. The quantitative estimate of drug-likeness (QED) is 0.495. The van der Waals surface area contributed by atoms with Gasteiger partial charge in [0, 0.05) is 71.5 Å². The lowest BCUT2D eigenvalue weighted by Gasteiger charge is -2.36. The molecule has 0 spiro atoms. The van der Waals surface area contributed by atoms with Crippen LogP contribution in [-0.4, -0.2) is 64.2 Å². The summed E-state index contributed by atoms with van der Waals surface area (Å²) in [5, 5.41) is -0.265. The van der Waals surface area contributed by atoms with Crippen LogP contribution in [0.2, 0.25) is 2.82 Å². The fourth-order valence-electron chi connectivity index (χ4n) is 3.09. The van der Waals surface area contributed by atoms with E-state index in [9.17, 15) is 17.6 Å². The Morgan fingerprint density at radius 3 is 2.72 bits per heavy atom. The summed E-state index contributed by atoms with van der Waals surface area (Å²) in [4.78, 5) is 15.3. The summed E-state index contributed by atoms with van der Waals surface area (Å²) in [5.41, 5.74) is -5.48. The van der Waals surface area contributed by atoms with Crippen molar-refractivity contribution in [3.8, 4) is 0 Å². The molecule has 0 radical (unpaired) electrons. The minimum atomic E-state index is -5.67. The van der Waals surface area contributed by atoms with Crippen LogP contribution in [0.4, 0.5) is 15.8 Å². The number of nitrogens with one attached hydrogen (secondary N) is 2. The molecule has 0 aromatic heterocycles. The number of amides is 1. The summed E-state index contributed by atoms with van der Waals surface area (Å²) in [6.07, 6.45) is -19.5. The predicted octanol–water partition coefficient (Wildman–Crippen LogP) is 3.19. The molecule has 2 N–H and O–H groups in total. The van der Waals surface area contributed by atoms with Crippen molar-refractivity contribution in [2.24, 2.45) is 5.92 Å². The van der Waals surface area contributed by atoms with Gasteiger partial charge in [-0.2, -0.15) is 0 Å². The van der Waals surface area contributed by atoms with Crippen molar-refractivity contribution in [2.45, 2.75) is 51.6 Å². The molecule has 7 nitrogen and oxygen atoms in total. The third kappa shape index (κ3) is 8.33. The molecule has 9 heteroatoms. The Hall–Kier alpha value is -1.71. The number of nitrogens with zero attached hydrogens (tertiary/aromatic N) is 2. The summed E-state index contributed by atoms with van der Waals surface area (Å²) in [6, 6.07) is -2.84. The van der Waals surface area contributed by atoms with Gasteiger partial charge in [0.05, 0.1) is 9.82 Å². The summed E-state index contributed by atoms with van der Waals surface area (Å²) in [7, 11) is -5.67. The number of hydrogen-bond acceptors (Lipinski definition) is 5. The van der Waals surface area contributed by atoms with Gasteiger partial charge in [-0.1, -0.05) is 19.1 Å². The lowest BCUT2D eigenvalue weighted by Crippen LogP contribution is -2.46. The highest BCUT2D eigenvalue weighted by molar-refractivity contribution is 7.89. The second-order valence-corrected chi connectivity index (χ2v) is 8.33. The molecule has 0 bridgehead atoms. The van der Waals surface area contributed by atoms with Crippen molar-refractivity contribution in [3.63, 3.8) is 0 Å². The molecule has 2 aliphatic rings. The van der Waals surface area contributed by atoms with E-state index in [0.717, 1.165) is 0 Å². The van der Waals surface area contributed by atoms with E-state index in [-0.39, 0.29) is 61.3 Å². The number of hydrogen-bond donors (Lipinski definition) is 2. The van der Waals surface area contributed by atoms with Gasteiger partial charge < -0.3 is 10.2 Å². The van der Waals surface area contributed by atoms with E-state index in [2.05, 4.69) is 0 Å². The molecule has 0 atom stereocenters. The van der Waals surface area contributed by atoms with Gasteiger partial charge in [-0.15, -0.1) is 0 Å². The van der Waals surface area contributed by atoms with Crippen molar-refractivity contribution >= 4 is 27.3 Å². The van der Waals surface area contributed by atoms with E-state index >= 15 is 0 Å². The summed E-state index contributed by atoms with van der Waals surface area (Å²) < 4.78 is 200. The molecule has 1 aromatic carbocycles. The maximum absolute atomic E-state index is 14.9. The largest absolute Gasteiger partial charge is 0.369 e. The first-order valence-electron chi connectivity index (χ1n) is 19.7. The molecule has 1 amide bonds. The van der Waals surface area contributed by atoms with Crippen molar-refractivity contribution in [1.82, 2.24) is 9.62 Å². The number of anilines is 2. The van der Waals surface area contributed by atoms with Crippen LogP contribution in [0.5, 0.6) is 0 Å². The molecule has 1 saturated heterocycles. The van der Waals surface area contributed by atoms with Crippen molar-refractivity contribution in [2.75, 3.05) is 55.2 Å². The van der Waals surface area contributed by atoms with Crippen molar-refractivity contribution in [3.05, 3.63) is 23.9 Å². The monoisotopic (exact) mass is 488 g/mol. The molecule has 1 heterocycles. The fourth-order valence-corrected chi connectivity index (χ4v) is 3.95. The van der Waals surface area contributed by atoms with Gasteiger partial charge >= 0.3 is 0 Å². The zero-order valence-electron chi connectivity index (χ0n) is 37.0. The van der Waals surface area contributed by atoms with Crippen LogP contribution in [0, 0.1) is 11.7 Å². The van der Waals surface area contributed by atoms with Gasteiger partial charge in [0.2, 0.25) is 15.9 Å². The second kappa shape index (κ2) is 12.0. The molecule has 2 fully saturated rings. The molecular formula is C23H37FN4O3S. The highest BCUT2D eigenvalue weighted by Gasteiger charge is 2.21. The Morgan fingerprint density at radius 1 is 1.25 bits per heavy atom. The SMILES string of the molecule is [2H]c1c(F)c([2H])c(N([2H])C(=O)C([2H])([2H])[2H])c([2H])c1N1CCN(CCCCN([2H])S(=O)(=O)C([2H])([2H])C2C([2H])([2H])C([2H])([2H])C([2H])([2H])C([2H])([2H])C2([2H])[2H])CC1. The zero-order valence-corrected chi connectivity index (χ0v) is 17.9. The van der Waals surface area contributed by atoms with Gasteiger partial charge in [-0.25, -0.2) is 17.5 Å². The molecular weight excluding hydrogens is 431 g/mol. The Bertz CT molecular complexity index is 1620.